The van der Waals surface area contributed by atoms with E-state index in [1.54, 1.807) is 0 Å². The van der Waals surface area contributed by atoms with Crippen molar-refractivity contribution in [2.45, 2.75) is 40.2 Å². The Kier molecular flexibility index (Phi) is 5.55. The van der Waals surface area contributed by atoms with Gasteiger partial charge in [-0.15, -0.1) is 0 Å². The molecular formula is C19H25FN6O. The normalized spacial score (nSPS) is 12.5. The summed E-state index contributed by atoms with van der Waals surface area (Å²) in [6, 6.07) is 4.21. The first-order valence-electron chi connectivity index (χ1n) is 9.20. The predicted molar refractivity (Wildman–Crippen MR) is 103 cm³/mol. The number of imidazole rings is 1. The Bertz CT molecular complexity index is 969. The number of nitrogens with zero attached hydrogens (tertiary/aromatic N) is 4. The van der Waals surface area contributed by atoms with Crippen molar-refractivity contribution in [3.8, 4) is 5.75 Å². The molecule has 4 N–H and O–H groups in total. The third-order valence-electron chi connectivity index (χ3n) is 4.52. The second-order valence-electron chi connectivity index (χ2n) is 6.18. The van der Waals surface area contributed by atoms with Crippen molar-refractivity contribution in [3.05, 3.63) is 40.7 Å². The standard InChI is InChI=1S/C17H19FN6O.C2H6/c1-9-6-10-2-5-25-12(10)7-11(9)8-13-21-14-15(20)22-17(18)23-16(14)24(13)4-3-19;1-2/h6-7H,2-5,8,19H2,1H3,(H2,20,22,23);1-2H3. The Morgan fingerprint density at radius 1 is 1.22 bits per heavy atom. The van der Waals surface area contributed by atoms with Crippen molar-refractivity contribution in [2.24, 2.45) is 5.73 Å². The van der Waals surface area contributed by atoms with E-state index >= 15 is 0 Å². The Hall–Kier alpha value is -2.74. The minimum absolute atomic E-state index is 0.0357. The van der Waals surface area contributed by atoms with Crippen molar-refractivity contribution in [3.63, 3.8) is 0 Å². The lowest BCUT2D eigenvalue weighted by Crippen LogP contribution is -2.14. The lowest BCUT2D eigenvalue weighted by Gasteiger charge is -2.11. The van der Waals surface area contributed by atoms with Crippen molar-refractivity contribution >= 4 is 17.0 Å². The lowest BCUT2D eigenvalue weighted by atomic mass is 10.0. The maximum absolute atomic E-state index is 13.6. The highest BCUT2D eigenvalue weighted by Gasteiger charge is 2.19. The molecule has 1 aliphatic heterocycles. The number of nitrogens with two attached hydrogens (primary N) is 2. The number of ether oxygens (including phenoxy) is 1. The molecule has 27 heavy (non-hydrogen) atoms. The molecule has 8 heteroatoms. The van der Waals surface area contributed by atoms with E-state index < -0.39 is 6.08 Å². The van der Waals surface area contributed by atoms with Gasteiger partial charge < -0.3 is 20.8 Å². The number of benzene rings is 1. The van der Waals surface area contributed by atoms with Crippen LogP contribution in [0.1, 0.15) is 36.4 Å². The van der Waals surface area contributed by atoms with Gasteiger partial charge in [0.05, 0.1) is 6.61 Å². The van der Waals surface area contributed by atoms with Gasteiger partial charge in [0.2, 0.25) is 0 Å². The van der Waals surface area contributed by atoms with Crippen LogP contribution in [-0.2, 0) is 19.4 Å². The monoisotopic (exact) mass is 372 g/mol. The van der Waals surface area contributed by atoms with Crippen LogP contribution in [0.15, 0.2) is 12.1 Å². The van der Waals surface area contributed by atoms with Crippen molar-refractivity contribution in [1.29, 1.82) is 0 Å². The maximum atomic E-state index is 13.6. The third kappa shape index (κ3) is 3.57. The van der Waals surface area contributed by atoms with Crippen LogP contribution in [0.2, 0.25) is 0 Å². The summed E-state index contributed by atoms with van der Waals surface area (Å²) >= 11 is 0. The minimum atomic E-state index is -0.864. The molecule has 0 spiro atoms. The summed E-state index contributed by atoms with van der Waals surface area (Å²) in [7, 11) is 0. The summed E-state index contributed by atoms with van der Waals surface area (Å²) in [6.45, 7) is 7.64. The van der Waals surface area contributed by atoms with Crippen LogP contribution in [0.4, 0.5) is 10.2 Å². The van der Waals surface area contributed by atoms with Crippen LogP contribution >= 0.6 is 0 Å². The zero-order valence-corrected chi connectivity index (χ0v) is 15.9. The predicted octanol–water partition coefficient (Wildman–Crippen LogP) is 2.37. The van der Waals surface area contributed by atoms with Crippen LogP contribution in [0.25, 0.3) is 11.2 Å². The summed E-state index contributed by atoms with van der Waals surface area (Å²) in [5.41, 5.74) is 15.8. The van der Waals surface area contributed by atoms with Crippen LogP contribution in [0, 0.1) is 13.0 Å². The number of rotatable bonds is 4. The van der Waals surface area contributed by atoms with E-state index in [9.17, 15) is 4.39 Å². The second-order valence-corrected chi connectivity index (χ2v) is 6.18. The Balaban J connectivity index is 0.00000102. The number of hydrogen-bond donors (Lipinski definition) is 2. The van der Waals surface area contributed by atoms with Gasteiger partial charge in [0.25, 0.3) is 0 Å². The highest BCUT2D eigenvalue weighted by atomic mass is 19.1. The highest BCUT2D eigenvalue weighted by Crippen LogP contribution is 2.30. The topological polar surface area (TPSA) is 105 Å². The second kappa shape index (κ2) is 7.87. The summed E-state index contributed by atoms with van der Waals surface area (Å²) in [4.78, 5) is 12.0. The van der Waals surface area contributed by atoms with Crippen LogP contribution in [0.5, 0.6) is 5.75 Å². The van der Waals surface area contributed by atoms with E-state index in [0.29, 0.717) is 30.7 Å². The molecule has 2 aromatic heterocycles. The lowest BCUT2D eigenvalue weighted by molar-refractivity contribution is 0.356. The quantitative estimate of drug-likeness (QED) is 0.681. The number of anilines is 1. The van der Waals surface area contributed by atoms with Gasteiger partial charge in [0.15, 0.2) is 17.0 Å². The molecule has 0 bridgehead atoms. The van der Waals surface area contributed by atoms with Gasteiger partial charge in [-0.25, -0.2) is 4.98 Å². The molecule has 3 aromatic rings. The first kappa shape index (κ1) is 19.0. The molecule has 0 fully saturated rings. The molecule has 7 nitrogen and oxygen atoms in total. The molecular weight excluding hydrogens is 347 g/mol. The van der Waals surface area contributed by atoms with Crippen LogP contribution in [-0.4, -0.2) is 32.7 Å². The van der Waals surface area contributed by atoms with Gasteiger partial charge in [-0.3, -0.25) is 0 Å². The van der Waals surface area contributed by atoms with Crippen LogP contribution < -0.4 is 16.2 Å². The molecule has 0 saturated heterocycles. The largest absolute Gasteiger partial charge is 0.493 e. The molecule has 0 saturated carbocycles. The fourth-order valence-electron chi connectivity index (χ4n) is 3.29. The van der Waals surface area contributed by atoms with E-state index in [0.717, 1.165) is 30.2 Å². The van der Waals surface area contributed by atoms with Gasteiger partial charge >= 0.3 is 6.08 Å². The molecule has 144 valence electrons. The SMILES string of the molecule is CC.Cc1cc2c(cc1Cc1nc3c(N)nc(F)nc3n1CCN)OCC2. The van der Waals surface area contributed by atoms with Crippen molar-refractivity contribution in [2.75, 3.05) is 18.9 Å². The van der Waals surface area contributed by atoms with Crippen molar-refractivity contribution in [1.82, 2.24) is 19.5 Å². The van der Waals surface area contributed by atoms with Gasteiger partial charge in [0, 0.05) is 25.9 Å². The molecule has 0 amide bonds. The third-order valence-corrected chi connectivity index (χ3v) is 4.52. The average molecular weight is 372 g/mol. The van der Waals surface area contributed by atoms with Gasteiger partial charge in [0.1, 0.15) is 11.6 Å². The van der Waals surface area contributed by atoms with Gasteiger partial charge in [-0.2, -0.15) is 14.4 Å². The van der Waals surface area contributed by atoms with Crippen LogP contribution in [0.3, 0.4) is 0 Å². The fourth-order valence-corrected chi connectivity index (χ4v) is 3.29. The molecule has 1 aromatic carbocycles. The number of nitrogen functional groups attached to an aromatic ring is 1. The van der Waals surface area contributed by atoms with Crippen molar-refractivity contribution < 1.29 is 9.13 Å². The zero-order valence-electron chi connectivity index (χ0n) is 15.9. The number of halogens is 1. The van der Waals surface area contributed by atoms with E-state index in [1.165, 1.54) is 11.1 Å². The molecule has 4 rings (SSSR count). The summed E-state index contributed by atoms with van der Waals surface area (Å²) in [5.74, 6) is 1.69. The van der Waals surface area contributed by atoms with E-state index in [4.69, 9.17) is 16.2 Å². The Morgan fingerprint density at radius 2 is 2.00 bits per heavy atom. The summed E-state index contributed by atoms with van der Waals surface area (Å²) in [5, 5.41) is 0. The summed E-state index contributed by atoms with van der Waals surface area (Å²) in [6.07, 6.45) is 0.629. The number of fused-ring (bicyclic) bond motifs is 2. The van der Waals surface area contributed by atoms with Gasteiger partial charge in [-0.05, 0) is 29.7 Å². The Labute approximate surface area is 157 Å². The number of aromatic nitrogens is 4. The minimum Gasteiger partial charge on any atom is -0.493 e. The zero-order chi connectivity index (χ0) is 19.6. The molecule has 0 atom stereocenters. The molecule has 1 aliphatic rings. The average Bonchev–Trinajstić information content (AvgIpc) is 3.23. The fraction of sp³-hybridized carbons (Fsp3) is 0.421. The number of hydrogen-bond acceptors (Lipinski definition) is 6. The maximum Gasteiger partial charge on any atom is 0.312 e. The molecule has 0 radical (unpaired) electrons. The van der Waals surface area contributed by atoms with Gasteiger partial charge in [-0.1, -0.05) is 19.9 Å². The first-order valence-corrected chi connectivity index (χ1v) is 9.20. The molecule has 0 unspecified atom stereocenters. The van der Waals surface area contributed by atoms with E-state index in [2.05, 4.69) is 34.0 Å². The first-order chi connectivity index (χ1) is 13.1. The Morgan fingerprint density at radius 3 is 2.74 bits per heavy atom. The van der Waals surface area contributed by atoms with E-state index in [-0.39, 0.29) is 5.82 Å². The number of aryl methyl sites for hydroxylation is 1. The molecule has 0 aliphatic carbocycles. The highest BCUT2D eigenvalue weighted by molar-refractivity contribution is 5.82. The molecule has 3 heterocycles. The van der Waals surface area contributed by atoms with E-state index in [1.807, 2.05) is 18.4 Å². The summed E-state index contributed by atoms with van der Waals surface area (Å²) < 4.78 is 21.1. The smallest absolute Gasteiger partial charge is 0.312 e.